The van der Waals surface area contributed by atoms with Gasteiger partial charge in [0.1, 0.15) is 6.61 Å². The molecule has 0 heterocycles. The molecule has 0 aromatic carbocycles. The molecule has 0 aliphatic heterocycles. The molecule has 15 heavy (non-hydrogen) atoms. The van der Waals surface area contributed by atoms with Crippen molar-refractivity contribution in [3.63, 3.8) is 0 Å². The highest BCUT2D eigenvalue weighted by Gasteiger charge is 2.01. The van der Waals surface area contributed by atoms with Gasteiger partial charge < -0.3 is 0 Å². The van der Waals surface area contributed by atoms with Gasteiger partial charge in [-0.05, 0) is 12.8 Å². The minimum Gasteiger partial charge on any atom is -0.298 e. The van der Waals surface area contributed by atoms with Crippen molar-refractivity contribution in [3.05, 3.63) is 12.2 Å². The molecule has 0 saturated carbocycles. The third-order valence-corrected chi connectivity index (χ3v) is 1.92. The van der Waals surface area contributed by atoms with Crippen LogP contribution in [0.1, 0.15) is 52.4 Å². The summed E-state index contributed by atoms with van der Waals surface area (Å²) >= 11 is 0. The van der Waals surface area contributed by atoms with Gasteiger partial charge in [-0.15, -0.1) is 0 Å². The Hall–Kier alpha value is -0.830. The van der Waals surface area contributed by atoms with Crippen LogP contribution in [0, 0.1) is 0 Å². The molecule has 0 aromatic heterocycles. The normalized spacial score (nSPS) is 10.8. The van der Waals surface area contributed by atoms with E-state index in [1.54, 1.807) is 0 Å². The molecule has 0 unspecified atom stereocenters. The van der Waals surface area contributed by atoms with Crippen molar-refractivity contribution in [2.45, 2.75) is 52.4 Å². The molecular weight excluding hydrogens is 192 g/mol. The summed E-state index contributed by atoms with van der Waals surface area (Å²) < 4.78 is 0. The molecule has 0 bridgehead atoms. The summed E-state index contributed by atoms with van der Waals surface area (Å²) in [6.45, 7) is 4.55. The average molecular weight is 214 g/mol. The Morgan fingerprint density at radius 2 is 1.93 bits per heavy atom. The van der Waals surface area contributed by atoms with Gasteiger partial charge in [0.05, 0.1) is 0 Å². The number of carbonyl (C=O) groups excluding carboxylic acids is 1. The van der Waals surface area contributed by atoms with E-state index >= 15 is 0 Å². The second kappa shape index (κ2) is 11.2. The molecular formula is C12H22O3. The van der Waals surface area contributed by atoms with Crippen LogP contribution < -0.4 is 0 Å². The molecule has 0 rings (SSSR count). The molecule has 3 nitrogen and oxygen atoms in total. The van der Waals surface area contributed by atoms with E-state index in [0.29, 0.717) is 13.0 Å². The van der Waals surface area contributed by atoms with Crippen LogP contribution >= 0.6 is 0 Å². The minimum absolute atomic E-state index is 0.271. The van der Waals surface area contributed by atoms with E-state index in [-0.39, 0.29) is 5.97 Å². The first kappa shape index (κ1) is 14.2. The molecule has 0 atom stereocenters. The zero-order chi connectivity index (χ0) is 11.4. The predicted octanol–water partition coefficient (Wildman–Crippen LogP) is 3.40. The summed E-state index contributed by atoms with van der Waals surface area (Å²) in [5.41, 5.74) is 0. The lowest BCUT2D eigenvalue weighted by molar-refractivity contribution is -0.265. The molecule has 0 amide bonds. The van der Waals surface area contributed by atoms with E-state index in [1.165, 1.54) is 0 Å². The summed E-state index contributed by atoms with van der Waals surface area (Å²) in [5, 5.41) is 0. The molecule has 0 fully saturated rings. The molecule has 0 saturated heterocycles. The highest BCUT2D eigenvalue weighted by atomic mass is 17.2. The maximum atomic E-state index is 11.0. The van der Waals surface area contributed by atoms with Crippen LogP contribution in [0.25, 0.3) is 0 Å². The van der Waals surface area contributed by atoms with Gasteiger partial charge in [-0.25, -0.2) is 4.79 Å². The minimum atomic E-state index is -0.271. The van der Waals surface area contributed by atoms with E-state index in [9.17, 15) is 4.79 Å². The van der Waals surface area contributed by atoms with Gasteiger partial charge in [0.2, 0.25) is 0 Å². The zero-order valence-electron chi connectivity index (χ0n) is 9.83. The van der Waals surface area contributed by atoms with Gasteiger partial charge in [0.25, 0.3) is 0 Å². The van der Waals surface area contributed by atoms with Crippen molar-refractivity contribution in [2.75, 3.05) is 6.61 Å². The lowest BCUT2D eigenvalue weighted by Gasteiger charge is -2.00. The standard InChI is InChI=1S/C12H22O3/c1-3-5-7-9-11-14-15-12(13)10-8-6-4-2/h7,9H,3-6,8,10-11H2,1-2H3/b9-7+. The SMILES string of the molecule is CCC/C=C/COOC(=O)CCCCC. The van der Waals surface area contributed by atoms with Crippen LogP contribution in [0.15, 0.2) is 12.2 Å². The maximum absolute atomic E-state index is 11.0. The van der Waals surface area contributed by atoms with Crippen LogP contribution in [0.2, 0.25) is 0 Å². The maximum Gasteiger partial charge on any atom is 0.342 e. The summed E-state index contributed by atoms with van der Waals surface area (Å²) in [5.74, 6) is -0.271. The van der Waals surface area contributed by atoms with E-state index < -0.39 is 0 Å². The molecule has 0 N–H and O–H groups in total. The fourth-order valence-corrected chi connectivity index (χ4v) is 1.05. The third kappa shape index (κ3) is 11.1. The van der Waals surface area contributed by atoms with E-state index in [1.807, 2.05) is 12.2 Å². The first-order valence-corrected chi connectivity index (χ1v) is 5.78. The average Bonchev–Trinajstić information content (AvgIpc) is 2.23. The molecule has 0 aliphatic rings. The van der Waals surface area contributed by atoms with E-state index in [4.69, 9.17) is 4.89 Å². The van der Waals surface area contributed by atoms with Crippen molar-refractivity contribution in [2.24, 2.45) is 0 Å². The van der Waals surface area contributed by atoms with E-state index in [0.717, 1.165) is 32.1 Å². The highest BCUT2D eigenvalue weighted by Crippen LogP contribution is 2.00. The summed E-state index contributed by atoms with van der Waals surface area (Å²) in [7, 11) is 0. The third-order valence-electron chi connectivity index (χ3n) is 1.92. The molecule has 0 aliphatic carbocycles. The first-order chi connectivity index (χ1) is 7.31. The summed E-state index contributed by atoms with van der Waals surface area (Å²) in [6, 6.07) is 0. The van der Waals surface area contributed by atoms with Crippen molar-refractivity contribution in [1.29, 1.82) is 0 Å². The number of rotatable bonds is 9. The monoisotopic (exact) mass is 214 g/mol. The summed E-state index contributed by atoms with van der Waals surface area (Å²) in [4.78, 5) is 20.4. The topological polar surface area (TPSA) is 35.5 Å². The van der Waals surface area contributed by atoms with E-state index in [2.05, 4.69) is 18.7 Å². The second-order valence-electron chi connectivity index (χ2n) is 3.46. The lowest BCUT2D eigenvalue weighted by atomic mass is 10.2. The fraction of sp³-hybridized carbons (Fsp3) is 0.750. The Labute approximate surface area is 92.4 Å². The lowest BCUT2D eigenvalue weighted by Crippen LogP contribution is -2.05. The van der Waals surface area contributed by atoms with Crippen LogP contribution in [0.4, 0.5) is 0 Å². The first-order valence-electron chi connectivity index (χ1n) is 5.78. The van der Waals surface area contributed by atoms with Gasteiger partial charge in [-0.2, -0.15) is 4.89 Å². The van der Waals surface area contributed by atoms with Crippen LogP contribution in [-0.4, -0.2) is 12.6 Å². The van der Waals surface area contributed by atoms with Gasteiger partial charge in [0, 0.05) is 6.42 Å². The predicted molar refractivity (Wildman–Crippen MR) is 60.2 cm³/mol. The van der Waals surface area contributed by atoms with Crippen LogP contribution in [-0.2, 0) is 14.6 Å². The number of hydrogen-bond donors (Lipinski definition) is 0. The van der Waals surface area contributed by atoms with Crippen LogP contribution in [0.5, 0.6) is 0 Å². The van der Waals surface area contributed by atoms with Gasteiger partial charge in [0.15, 0.2) is 0 Å². The Morgan fingerprint density at radius 1 is 1.13 bits per heavy atom. The molecule has 0 aromatic rings. The number of allylic oxidation sites excluding steroid dienone is 1. The quantitative estimate of drug-likeness (QED) is 0.255. The highest BCUT2D eigenvalue weighted by molar-refractivity contribution is 5.68. The van der Waals surface area contributed by atoms with Gasteiger partial charge >= 0.3 is 5.97 Å². The fourth-order valence-electron chi connectivity index (χ4n) is 1.05. The Kier molecular flexibility index (Phi) is 10.6. The number of carbonyl (C=O) groups is 1. The van der Waals surface area contributed by atoms with Crippen molar-refractivity contribution >= 4 is 5.97 Å². The smallest absolute Gasteiger partial charge is 0.298 e. The number of unbranched alkanes of at least 4 members (excludes halogenated alkanes) is 3. The van der Waals surface area contributed by atoms with Crippen molar-refractivity contribution in [3.8, 4) is 0 Å². The second-order valence-corrected chi connectivity index (χ2v) is 3.46. The largest absolute Gasteiger partial charge is 0.342 e. The van der Waals surface area contributed by atoms with Crippen molar-refractivity contribution < 1.29 is 14.6 Å². The Bertz CT molecular complexity index is 176. The van der Waals surface area contributed by atoms with Gasteiger partial charge in [-0.3, -0.25) is 4.89 Å². The molecule has 3 heteroatoms. The summed E-state index contributed by atoms with van der Waals surface area (Å²) in [6.07, 6.45) is 9.53. The zero-order valence-corrected chi connectivity index (χ0v) is 9.83. The van der Waals surface area contributed by atoms with Gasteiger partial charge in [-0.1, -0.05) is 45.3 Å². The Balaban J connectivity index is 3.23. The van der Waals surface area contributed by atoms with Crippen LogP contribution in [0.3, 0.4) is 0 Å². The molecule has 0 radical (unpaired) electrons. The number of hydrogen-bond acceptors (Lipinski definition) is 3. The molecule has 88 valence electrons. The molecule has 0 spiro atoms. The van der Waals surface area contributed by atoms with Crippen molar-refractivity contribution in [1.82, 2.24) is 0 Å². The Morgan fingerprint density at radius 3 is 2.60 bits per heavy atom.